The van der Waals surface area contributed by atoms with E-state index in [2.05, 4.69) is 5.32 Å². The van der Waals surface area contributed by atoms with Crippen LogP contribution in [-0.4, -0.2) is 40.6 Å². The summed E-state index contributed by atoms with van der Waals surface area (Å²) in [6.07, 6.45) is 2.18. The molecule has 1 aliphatic carbocycles. The number of carboxylic acid groups (broad SMARTS) is 1. The predicted octanol–water partition coefficient (Wildman–Crippen LogP) is 2.99. The van der Waals surface area contributed by atoms with Gasteiger partial charge < -0.3 is 25.5 Å². The summed E-state index contributed by atoms with van der Waals surface area (Å²) >= 11 is 0. The smallest absolute Gasteiger partial charge is 0.352 e. The molecule has 2 aromatic carbocycles. The van der Waals surface area contributed by atoms with Gasteiger partial charge >= 0.3 is 5.97 Å². The molecule has 34 heavy (non-hydrogen) atoms. The van der Waals surface area contributed by atoms with Gasteiger partial charge in [0, 0.05) is 23.5 Å². The number of amides is 2. The van der Waals surface area contributed by atoms with Crippen molar-refractivity contribution >= 4 is 28.7 Å². The number of nitrogens with two attached hydrogens (primary N) is 1. The molecule has 8 nitrogen and oxygen atoms in total. The van der Waals surface area contributed by atoms with Crippen molar-refractivity contribution in [3.05, 3.63) is 65.9 Å². The first-order valence-corrected chi connectivity index (χ1v) is 11.4. The monoisotopic (exact) mass is 463 g/mol. The Labute approximate surface area is 197 Å². The number of fused-ring (bicyclic) bond motifs is 1. The molecule has 178 valence electrons. The van der Waals surface area contributed by atoms with Gasteiger partial charge in [0.05, 0.1) is 17.9 Å². The second-order valence-corrected chi connectivity index (χ2v) is 8.69. The Balaban J connectivity index is 1.69. The highest BCUT2D eigenvalue weighted by molar-refractivity contribution is 6.05. The SMILES string of the molecule is Cn1c(C(=O)O)c([C@]2(C(N)=O)CCCC[C@H]2C(=O)NCCOc2ccccc2)c2ccccc21. The molecule has 2 atom stereocenters. The van der Waals surface area contributed by atoms with E-state index >= 15 is 0 Å². The highest BCUT2D eigenvalue weighted by atomic mass is 16.5. The Kier molecular flexibility index (Phi) is 6.58. The van der Waals surface area contributed by atoms with Crippen molar-refractivity contribution in [1.82, 2.24) is 9.88 Å². The predicted molar refractivity (Wildman–Crippen MR) is 128 cm³/mol. The first kappa shape index (κ1) is 23.4. The number of aromatic carboxylic acids is 1. The third kappa shape index (κ3) is 4.00. The van der Waals surface area contributed by atoms with Gasteiger partial charge in [-0.2, -0.15) is 0 Å². The van der Waals surface area contributed by atoms with Crippen LogP contribution < -0.4 is 15.8 Å². The van der Waals surface area contributed by atoms with Gasteiger partial charge in [-0.25, -0.2) is 4.79 Å². The zero-order valence-electron chi connectivity index (χ0n) is 19.1. The number of primary amides is 1. The fourth-order valence-electron chi connectivity index (χ4n) is 5.32. The number of ether oxygens (including phenoxy) is 1. The molecule has 0 bridgehead atoms. The van der Waals surface area contributed by atoms with Gasteiger partial charge in [0.15, 0.2) is 0 Å². The van der Waals surface area contributed by atoms with E-state index in [1.807, 2.05) is 36.4 Å². The van der Waals surface area contributed by atoms with Gasteiger partial charge in [-0.05, 0) is 31.0 Å². The number of carbonyl (C=O) groups is 3. The molecule has 1 aromatic heterocycles. The maximum absolute atomic E-state index is 13.4. The van der Waals surface area contributed by atoms with Crippen LogP contribution in [0.25, 0.3) is 10.9 Å². The quantitative estimate of drug-likeness (QED) is 0.443. The Hall–Kier alpha value is -3.81. The van der Waals surface area contributed by atoms with Crippen molar-refractivity contribution in [2.24, 2.45) is 18.7 Å². The van der Waals surface area contributed by atoms with Crippen LogP contribution in [0.15, 0.2) is 54.6 Å². The Morgan fingerprint density at radius 1 is 1.12 bits per heavy atom. The molecule has 0 unspecified atom stereocenters. The van der Waals surface area contributed by atoms with Crippen molar-refractivity contribution in [3.63, 3.8) is 0 Å². The van der Waals surface area contributed by atoms with E-state index in [1.165, 1.54) is 0 Å². The topological polar surface area (TPSA) is 124 Å². The molecule has 4 rings (SSSR count). The Morgan fingerprint density at radius 3 is 2.53 bits per heavy atom. The number of rotatable bonds is 8. The van der Waals surface area contributed by atoms with Crippen LogP contribution in [0.1, 0.15) is 41.7 Å². The number of para-hydroxylation sites is 2. The second-order valence-electron chi connectivity index (χ2n) is 8.69. The molecule has 8 heteroatoms. The summed E-state index contributed by atoms with van der Waals surface area (Å²) in [5, 5.41) is 13.6. The highest BCUT2D eigenvalue weighted by Crippen LogP contribution is 2.48. The van der Waals surface area contributed by atoms with Gasteiger partial charge in [-0.1, -0.05) is 49.2 Å². The number of carbonyl (C=O) groups excluding carboxylic acids is 2. The number of hydrogen-bond acceptors (Lipinski definition) is 4. The van der Waals surface area contributed by atoms with E-state index in [-0.39, 0.29) is 24.8 Å². The first-order valence-electron chi connectivity index (χ1n) is 11.4. The minimum Gasteiger partial charge on any atom is -0.492 e. The Bertz CT molecular complexity index is 1220. The van der Waals surface area contributed by atoms with E-state index in [0.717, 1.165) is 6.42 Å². The molecule has 1 saturated carbocycles. The van der Waals surface area contributed by atoms with Crippen molar-refractivity contribution in [1.29, 1.82) is 0 Å². The third-order valence-electron chi connectivity index (χ3n) is 6.83. The van der Waals surface area contributed by atoms with Crippen LogP contribution in [-0.2, 0) is 22.1 Å². The molecule has 0 saturated heterocycles. The molecule has 1 heterocycles. The van der Waals surface area contributed by atoms with E-state index in [4.69, 9.17) is 10.5 Å². The van der Waals surface area contributed by atoms with Crippen LogP contribution in [0.2, 0.25) is 0 Å². The van der Waals surface area contributed by atoms with Crippen LogP contribution in [0, 0.1) is 5.92 Å². The summed E-state index contributed by atoms with van der Waals surface area (Å²) in [5.74, 6) is -2.23. The molecule has 3 aromatic rings. The number of nitrogens with zero attached hydrogens (tertiary/aromatic N) is 1. The normalized spacial score (nSPS) is 20.1. The number of aromatic nitrogens is 1. The van der Waals surface area contributed by atoms with E-state index in [0.29, 0.717) is 41.5 Å². The lowest BCUT2D eigenvalue weighted by Crippen LogP contribution is -2.55. The average molecular weight is 464 g/mol. The molecular formula is C26H29N3O5. The van der Waals surface area contributed by atoms with Crippen LogP contribution >= 0.6 is 0 Å². The highest BCUT2D eigenvalue weighted by Gasteiger charge is 2.53. The van der Waals surface area contributed by atoms with Crippen molar-refractivity contribution in [2.75, 3.05) is 13.2 Å². The van der Waals surface area contributed by atoms with Crippen molar-refractivity contribution in [2.45, 2.75) is 31.1 Å². The number of carboxylic acids is 1. The molecule has 0 aliphatic heterocycles. The first-order chi connectivity index (χ1) is 16.4. The zero-order chi connectivity index (χ0) is 24.3. The molecule has 1 fully saturated rings. The fourth-order valence-corrected chi connectivity index (χ4v) is 5.32. The van der Waals surface area contributed by atoms with Crippen molar-refractivity contribution < 1.29 is 24.2 Å². The standard InChI is InChI=1S/C26H29N3O5/c1-29-20-13-6-5-11-18(20)21(22(29)24(31)32)26(25(27)33)14-8-7-12-19(26)23(30)28-15-16-34-17-9-3-2-4-10-17/h2-6,9-11,13,19H,7-8,12,14-16H2,1H3,(H2,27,33)(H,28,30)(H,31,32)/t19-,26-/m0/s1. The van der Waals surface area contributed by atoms with Crippen LogP contribution in [0.4, 0.5) is 0 Å². The summed E-state index contributed by atoms with van der Waals surface area (Å²) in [6, 6.07) is 16.5. The Morgan fingerprint density at radius 2 is 1.82 bits per heavy atom. The lowest BCUT2D eigenvalue weighted by molar-refractivity contribution is -0.137. The minimum absolute atomic E-state index is 0.00730. The summed E-state index contributed by atoms with van der Waals surface area (Å²) < 4.78 is 7.22. The largest absolute Gasteiger partial charge is 0.492 e. The van der Waals surface area contributed by atoms with Gasteiger partial charge in [0.1, 0.15) is 18.1 Å². The molecule has 0 radical (unpaired) electrons. The molecule has 1 aliphatic rings. The fraction of sp³-hybridized carbons (Fsp3) is 0.346. The van der Waals surface area contributed by atoms with Crippen LogP contribution in [0.5, 0.6) is 5.75 Å². The number of aryl methyl sites for hydroxylation is 1. The van der Waals surface area contributed by atoms with Gasteiger partial charge in [0.2, 0.25) is 11.8 Å². The van der Waals surface area contributed by atoms with E-state index in [9.17, 15) is 19.5 Å². The van der Waals surface area contributed by atoms with Crippen LogP contribution in [0.3, 0.4) is 0 Å². The number of benzene rings is 2. The molecule has 2 amide bonds. The maximum Gasteiger partial charge on any atom is 0.352 e. The maximum atomic E-state index is 13.4. The summed E-state index contributed by atoms with van der Waals surface area (Å²) in [6.45, 7) is 0.515. The minimum atomic E-state index is -1.42. The molecule has 0 spiro atoms. The van der Waals surface area contributed by atoms with Gasteiger partial charge in [0.25, 0.3) is 0 Å². The van der Waals surface area contributed by atoms with E-state index in [1.54, 1.807) is 29.8 Å². The summed E-state index contributed by atoms with van der Waals surface area (Å²) in [7, 11) is 1.66. The molecular weight excluding hydrogens is 434 g/mol. The van der Waals surface area contributed by atoms with Crippen molar-refractivity contribution in [3.8, 4) is 5.75 Å². The summed E-state index contributed by atoms with van der Waals surface area (Å²) in [5.41, 5.74) is 5.61. The number of hydrogen-bond donors (Lipinski definition) is 3. The molecule has 4 N–H and O–H groups in total. The third-order valence-corrected chi connectivity index (χ3v) is 6.83. The van der Waals surface area contributed by atoms with E-state index < -0.39 is 23.2 Å². The number of nitrogens with one attached hydrogen (secondary N) is 1. The second kappa shape index (κ2) is 9.59. The van der Waals surface area contributed by atoms with Gasteiger partial charge in [-0.15, -0.1) is 0 Å². The zero-order valence-corrected chi connectivity index (χ0v) is 19.1. The van der Waals surface area contributed by atoms with Gasteiger partial charge in [-0.3, -0.25) is 9.59 Å². The lowest BCUT2D eigenvalue weighted by Gasteiger charge is -2.41. The lowest BCUT2D eigenvalue weighted by atomic mass is 9.61. The summed E-state index contributed by atoms with van der Waals surface area (Å²) in [4.78, 5) is 38.9. The average Bonchev–Trinajstić information content (AvgIpc) is 3.15.